The minimum absolute atomic E-state index is 0.0559. The number of aromatic nitrogens is 2. The number of carbonyl (C=O) groups excluding carboxylic acids is 1. The maximum absolute atomic E-state index is 12.7. The van der Waals surface area contributed by atoms with Crippen LogP contribution in [0.1, 0.15) is 47.2 Å². The van der Waals surface area contributed by atoms with Gasteiger partial charge in [0.15, 0.2) is 0 Å². The van der Waals surface area contributed by atoms with Crippen LogP contribution >= 0.6 is 0 Å². The maximum Gasteiger partial charge on any atom is 0.573 e. The molecule has 1 aromatic heterocycles. The van der Waals surface area contributed by atoms with Gasteiger partial charge < -0.3 is 19.8 Å². The van der Waals surface area contributed by atoms with E-state index in [2.05, 4.69) is 20.0 Å². The Balaban J connectivity index is 1.78. The third-order valence-corrected chi connectivity index (χ3v) is 4.47. The topological polar surface area (TPSA) is 93.3 Å². The van der Waals surface area contributed by atoms with E-state index in [-0.39, 0.29) is 18.1 Å². The van der Waals surface area contributed by atoms with E-state index in [4.69, 9.17) is 4.74 Å². The van der Waals surface area contributed by atoms with Crippen LogP contribution in [0.25, 0.3) is 5.57 Å². The monoisotopic (exact) mass is 423 g/mol. The molecular formula is C20H20F3N3O4. The third kappa shape index (κ3) is 5.69. The quantitative estimate of drug-likeness (QED) is 0.713. The molecule has 0 saturated carbocycles. The molecule has 0 bridgehead atoms. The number of benzene rings is 1. The summed E-state index contributed by atoms with van der Waals surface area (Å²) in [6.07, 6.45) is -0.204. The van der Waals surface area contributed by atoms with Gasteiger partial charge in [-0.2, -0.15) is 0 Å². The second-order valence-electron chi connectivity index (χ2n) is 6.70. The highest BCUT2D eigenvalue weighted by atomic mass is 19.4. The van der Waals surface area contributed by atoms with E-state index in [0.717, 1.165) is 43.0 Å². The molecule has 1 heterocycles. The van der Waals surface area contributed by atoms with E-state index in [1.807, 2.05) is 6.08 Å². The normalized spacial score (nSPS) is 14.9. The van der Waals surface area contributed by atoms with Crippen LogP contribution in [0.4, 0.5) is 13.2 Å². The van der Waals surface area contributed by atoms with Crippen molar-refractivity contribution in [2.45, 2.75) is 31.7 Å². The number of aromatic amines is 1. The van der Waals surface area contributed by atoms with E-state index >= 15 is 0 Å². The molecule has 1 aliphatic carbocycles. The summed E-state index contributed by atoms with van der Waals surface area (Å²) in [4.78, 5) is 31.6. The first-order chi connectivity index (χ1) is 14.2. The van der Waals surface area contributed by atoms with E-state index in [9.17, 15) is 22.8 Å². The number of allylic oxidation sites excluding steroid dienone is 2. The van der Waals surface area contributed by atoms with Gasteiger partial charge in [0.05, 0.1) is 12.6 Å². The van der Waals surface area contributed by atoms with Crippen molar-refractivity contribution in [2.75, 3.05) is 13.7 Å². The second kappa shape index (κ2) is 9.12. The van der Waals surface area contributed by atoms with Gasteiger partial charge in [-0.15, -0.1) is 13.2 Å². The van der Waals surface area contributed by atoms with Crippen molar-refractivity contribution >= 4 is 11.5 Å². The zero-order valence-electron chi connectivity index (χ0n) is 16.1. The summed E-state index contributed by atoms with van der Waals surface area (Å²) in [7, 11) is 1.43. The van der Waals surface area contributed by atoms with E-state index < -0.39 is 23.9 Å². The largest absolute Gasteiger partial charge is 0.573 e. The second-order valence-corrected chi connectivity index (χ2v) is 6.70. The molecule has 0 spiro atoms. The Kier molecular flexibility index (Phi) is 6.56. The molecule has 1 aromatic carbocycles. The lowest BCUT2D eigenvalue weighted by atomic mass is 10.1. The first-order valence-corrected chi connectivity index (χ1v) is 9.21. The smallest absolute Gasteiger partial charge is 0.406 e. The van der Waals surface area contributed by atoms with Crippen LogP contribution in [0.5, 0.6) is 5.75 Å². The number of nitrogens with zero attached hydrogens (tertiary/aromatic N) is 1. The van der Waals surface area contributed by atoms with Crippen molar-refractivity contribution < 1.29 is 27.4 Å². The molecule has 1 amide bonds. The van der Waals surface area contributed by atoms with Crippen LogP contribution in [0.3, 0.4) is 0 Å². The Bertz CT molecular complexity index is 984. The molecule has 3 rings (SSSR count). The highest BCUT2D eigenvalue weighted by Crippen LogP contribution is 2.26. The number of nitrogens with one attached hydrogen (secondary N) is 2. The molecule has 2 N–H and O–H groups in total. The summed E-state index contributed by atoms with van der Waals surface area (Å²) in [6, 6.07) is 5.51. The van der Waals surface area contributed by atoms with Gasteiger partial charge in [0, 0.05) is 13.2 Å². The van der Waals surface area contributed by atoms with Gasteiger partial charge in [-0.05, 0) is 42.5 Å². The van der Waals surface area contributed by atoms with Gasteiger partial charge >= 0.3 is 6.36 Å². The predicted molar refractivity (Wildman–Crippen MR) is 102 cm³/mol. The summed E-state index contributed by atoms with van der Waals surface area (Å²) < 4.78 is 45.9. The van der Waals surface area contributed by atoms with Crippen LogP contribution in [0, 0.1) is 0 Å². The molecule has 1 aliphatic rings. The highest BCUT2D eigenvalue weighted by Gasteiger charge is 2.31. The molecular weight excluding hydrogens is 403 g/mol. The minimum Gasteiger partial charge on any atom is -0.406 e. The number of amides is 1. The maximum atomic E-state index is 12.7. The zero-order chi connectivity index (χ0) is 21.7. The van der Waals surface area contributed by atoms with Gasteiger partial charge in [0.1, 0.15) is 17.3 Å². The van der Waals surface area contributed by atoms with Crippen molar-refractivity contribution in [1.29, 1.82) is 0 Å². The zero-order valence-corrected chi connectivity index (χ0v) is 16.1. The number of alkyl halides is 3. The molecule has 160 valence electrons. The van der Waals surface area contributed by atoms with Crippen molar-refractivity contribution in [2.24, 2.45) is 0 Å². The number of hydrogen-bond acceptors (Lipinski definition) is 5. The summed E-state index contributed by atoms with van der Waals surface area (Å²) in [5.41, 5.74) is 0.883. The summed E-state index contributed by atoms with van der Waals surface area (Å²) in [6.45, 7) is 0.0619. The van der Waals surface area contributed by atoms with Crippen molar-refractivity contribution in [3.8, 4) is 5.75 Å². The summed E-state index contributed by atoms with van der Waals surface area (Å²) in [5.74, 6) is -0.611. The van der Waals surface area contributed by atoms with Crippen LogP contribution in [-0.2, 0) is 4.74 Å². The number of H-pyrrole nitrogens is 1. The van der Waals surface area contributed by atoms with E-state index in [1.165, 1.54) is 19.2 Å². The summed E-state index contributed by atoms with van der Waals surface area (Å²) >= 11 is 0. The Hall–Kier alpha value is -3.14. The fourth-order valence-electron chi connectivity index (χ4n) is 3.13. The molecule has 0 aliphatic heterocycles. The van der Waals surface area contributed by atoms with Crippen molar-refractivity contribution in [1.82, 2.24) is 15.3 Å². The number of methoxy groups -OCH3 is 1. The molecule has 0 fully saturated rings. The van der Waals surface area contributed by atoms with Gasteiger partial charge in [0.25, 0.3) is 11.5 Å². The number of rotatable bonds is 7. The lowest BCUT2D eigenvalue weighted by molar-refractivity contribution is -0.274. The van der Waals surface area contributed by atoms with Gasteiger partial charge in [-0.25, -0.2) is 4.98 Å². The molecule has 0 radical (unpaired) electrons. The highest BCUT2D eigenvalue weighted by molar-refractivity contribution is 5.92. The van der Waals surface area contributed by atoms with E-state index in [1.54, 1.807) is 0 Å². The fourth-order valence-corrected chi connectivity index (χ4v) is 3.13. The first kappa shape index (κ1) is 21.6. The van der Waals surface area contributed by atoms with Crippen LogP contribution < -0.4 is 15.6 Å². The van der Waals surface area contributed by atoms with Gasteiger partial charge in [0.2, 0.25) is 0 Å². The standard InChI is InChI=1S/C20H20F3N3O4/c1-29-11-16(12-6-8-14(9-7-12)30-20(21,22)23)25-19(28)15-10-17(27)26-18(24-15)13-4-2-3-5-13/h4,6-10,16H,2-3,5,11H2,1H3,(H,25,28)(H,24,26,27). The van der Waals surface area contributed by atoms with Gasteiger partial charge in [-0.1, -0.05) is 18.2 Å². The number of halogens is 3. The number of ether oxygens (including phenoxy) is 2. The summed E-state index contributed by atoms with van der Waals surface area (Å²) in [5, 5.41) is 2.70. The van der Waals surface area contributed by atoms with E-state index in [0.29, 0.717) is 11.4 Å². The Morgan fingerprint density at radius 2 is 2.03 bits per heavy atom. The minimum atomic E-state index is -4.79. The molecule has 1 unspecified atom stereocenters. The predicted octanol–water partition coefficient (Wildman–Crippen LogP) is 3.35. The van der Waals surface area contributed by atoms with Crippen LogP contribution in [0.15, 0.2) is 41.2 Å². The molecule has 2 aromatic rings. The SMILES string of the molecule is COCC(NC(=O)c1cc(=O)[nH]c(C2=CCCC2)n1)c1ccc(OC(F)(F)F)cc1. The van der Waals surface area contributed by atoms with Crippen LogP contribution in [0.2, 0.25) is 0 Å². The number of carbonyl (C=O) groups is 1. The average molecular weight is 423 g/mol. The lowest BCUT2D eigenvalue weighted by Gasteiger charge is -2.19. The molecule has 7 nitrogen and oxygen atoms in total. The van der Waals surface area contributed by atoms with Crippen LogP contribution in [-0.4, -0.2) is 36.0 Å². The Labute approximate surface area is 169 Å². The van der Waals surface area contributed by atoms with Crippen molar-refractivity contribution in [3.05, 3.63) is 63.8 Å². The fraction of sp³-hybridized carbons (Fsp3) is 0.350. The Morgan fingerprint density at radius 1 is 1.30 bits per heavy atom. The molecule has 0 saturated heterocycles. The molecule has 30 heavy (non-hydrogen) atoms. The van der Waals surface area contributed by atoms with Crippen molar-refractivity contribution in [3.63, 3.8) is 0 Å². The third-order valence-electron chi connectivity index (χ3n) is 4.47. The lowest BCUT2D eigenvalue weighted by Crippen LogP contribution is -2.33. The average Bonchev–Trinajstić information content (AvgIpc) is 3.21. The molecule has 1 atom stereocenters. The Morgan fingerprint density at radius 3 is 2.63 bits per heavy atom. The first-order valence-electron chi connectivity index (χ1n) is 9.21. The van der Waals surface area contributed by atoms with Gasteiger partial charge in [-0.3, -0.25) is 9.59 Å². The molecule has 10 heteroatoms. The number of hydrogen-bond donors (Lipinski definition) is 2.